The number of nitrogens with zero attached hydrogens (tertiary/aromatic N) is 1. The molecule has 2 N–H and O–H groups in total. The molecule has 1 heterocycles. The van der Waals surface area contributed by atoms with Gasteiger partial charge in [-0.3, -0.25) is 10.2 Å². The van der Waals surface area contributed by atoms with E-state index in [1.807, 2.05) is 54.6 Å². The molecule has 22 heavy (non-hydrogen) atoms. The lowest BCUT2D eigenvalue weighted by atomic mass is 9.99. The number of carbonyl (C=O) groups is 2. The second-order valence-electron chi connectivity index (χ2n) is 5.59. The average molecular weight is 293 g/mol. The molecule has 3 amide bonds. The molecule has 2 unspecified atom stereocenters. The van der Waals surface area contributed by atoms with Gasteiger partial charge in [0.05, 0.1) is 12.0 Å². The molecule has 0 bridgehead atoms. The summed E-state index contributed by atoms with van der Waals surface area (Å²) in [6.45, 7) is 0. The van der Waals surface area contributed by atoms with Crippen molar-refractivity contribution in [3.8, 4) is 0 Å². The number of anilines is 1. The van der Waals surface area contributed by atoms with Gasteiger partial charge in [0.15, 0.2) is 0 Å². The SMILES string of the molecule is O=C1NN(C(=O)Nc2ccccc2)C2Cc3ccccc3C12. The number of nitrogens with one attached hydrogen (secondary N) is 2. The Balaban J connectivity index is 1.58. The third kappa shape index (κ3) is 1.94. The molecule has 0 saturated carbocycles. The molecule has 2 aliphatic rings. The van der Waals surface area contributed by atoms with Gasteiger partial charge in [-0.1, -0.05) is 42.5 Å². The largest absolute Gasteiger partial charge is 0.340 e. The second-order valence-corrected chi connectivity index (χ2v) is 5.59. The van der Waals surface area contributed by atoms with Crippen LogP contribution in [0.2, 0.25) is 0 Å². The predicted molar refractivity (Wildman–Crippen MR) is 82.1 cm³/mol. The van der Waals surface area contributed by atoms with Crippen molar-refractivity contribution >= 4 is 17.6 Å². The summed E-state index contributed by atoms with van der Waals surface area (Å²) in [4.78, 5) is 24.7. The molecule has 1 aliphatic carbocycles. The van der Waals surface area contributed by atoms with Gasteiger partial charge in [0.2, 0.25) is 5.91 Å². The number of benzene rings is 2. The fourth-order valence-corrected chi connectivity index (χ4v) is 3.31. The van der Waals surface area contributed by atoms with E-state index in [0.717, 1.165) is 11.1 Å². The summed E-state index contributed by atoms with van der Waals surface area (Å²) in [6, 6.07) is 16.6. The first-order valence-electron chi connectivity index (χ1n) is 7.27. The molecule has 5 nitrogen and oxygen atoms in total. The van der Waals surface area contributed by atoms with Crippen LogP contribution < -0.4 is 10.7 Å². The third-order valence-electron chi connectivity index (χ3n) is 4.29. The number of carbonyl (C=O) groups excluding carboxylic acids is 2. The van der Waals surface area contributed by atoms with Gasteiger partial charge < -0.3 is 5.32 Å². The first-order chi connectivity index (χ1) is 10.7. The quantitative estimate of drug-likeness (QED) is 0.847. The number of fused-ring (bicyclic) bond motifs is 3. The fourth-order valence-electron chi connectivity index (χ4n) is 3.31. The summed E-state index contributed by atoms with van der Waals surface area (Å²) in [6.07, 6.45) is 0.696. The number of amides is 3. The predicted octanol–water partition coefficient (Wildman–Crippen LogP) is 2.27. The van der Waals surface area contributed by atoms with Gasteiger partial charge in [0, 0.05) is 5.69 Å². The van der Waals surface area contributed by atoms with Crippen LogP contribution in [0.15, 0.2) is 54.6 Å². The monoisotopic (exact) mass is 293 g/mol. The van der Waals surface area contributed by atoms with Crippen LogP contribution in [0.1, 0.15) is 17.0 Å². The molecule has 0 radical (unpaired) electrons. The zero-order chi connectivity index (χ0) is 15.1. The van der Waals surface area contributed by atoms with E-state index in [-0.39, 0.29) is 23.9 Å². The van der Waals surface area contributed by atoms with Crippen LogP contribution >= 0.6 is 0 Å². The molecule has 0 aromatic heterocycles. The summed E-state index contributed by atoms with van der Waals surface area (Å²) >= 11 is 0. The molecule has 1 saturated heterocycles. The van der Waals surface area contributed by atoms with Gasteiger partial charge in [-0.2, -0.15) is 0 Å². The molecule has 0 spiro atoms. The van der Waals surface area contributed by atoms with E-state index < -0.39 is 0 Å². The Kier molecular flexibility index (Phi) is 2.85. The van der Waals surface area contributed by atoms with Crippen LogP contribution in [0.5, 0.6) is 0 Å². The number of hydrogen-bond donors (Lipinski definition) is 2. The molecule has 2 aromatic rings. The van der Waals surface area contributed by atoms with Crippen molar-refractivity contribution in [2.45, 2.75) is 18.4 Å². The van der Waals surface area contributed by atoms with Crippen LogP contribution in [0.4, 0.5) is 10.5 Å². The van der Waals surface area contributed by atoms with E-state index in [1.54, 1.807) is 0 Å². The van der Waals surface area contributed by atoms with E-state index >= 15 is 0 Å². The Morgan fingerprint density at radius 1 is 1.09 bits per heavy atom. The van der Waals surface area contributed by atoms with Crippen molar-refractivity contribution in [3.63, 3.8) is 0 Å². The van der Waals surface area contributed by atoms with Crippen molar-refractivity contribution in [2.75, 3.05) is 5.32 Å². The molecular weight excluding hydrogens is 278 g/mol. The molecular formula is C17H15N3O2. The van der Waals surface area contributed by atoms with Crippen molar-refractivity contribution in [2.24, 2.45) is 0 Å². The van der Waals surface area contributed by atoms with Crippen LogP contribution in [-0.4, -0.2) is 23.0 Å². The summed E-state index contributed by atoms with van der Waals surface area (Å²) in [5.41, 5.74) is 5.58. The Labute approximate surface area is 127 Å². The van der Waals surface area contributed by atoms with Crippen LogP contribution in [0.3, 0.4) is 0 Å². The number of para-hydroxylation sites is 1. The van der Waals surface area contributed by atoms with Crippen molar-refractivity contribution < 1.29 is 9.59 Å². The first-order valence-corrected chi connectivity index (χ1v) is 7.27. The Hall–Kier alpha value is -2.82. The van der Waals surface area contributed by atoms with Gasteiger partial charge in [-0.05, 0) is 29.7 Å². The molecule has 110 valence electrons. The van der Waals surface area contributed by atoms with Gasteiger partial charge in [-0.15, -0.1) is 0 Å². The number of hydrogen-bond acceptors (Lipinski definition) is 2. The minimum absolute atomic E-state index is 0.113. The topological polar surface area (TPSA) is 61.4 Å². The van der Waals surface area contributed by atoms with Crippen molar-refractivity contribution in [3.05, 3.63) is 65.7 Å². The highest BCUT2D eigenvalue weighted by Gasteiger charge is 2.48. The number of urea groups is 1. The van der Waals surface area contributed by atoms with E-state index in [1.165, 1.54) is 5.01 Å². The van der Waals surface area contributed by atoms with Crippen LogP contribution in [0, 0.1) is 0 Å². The van der Waals surface area contributed by atoms with E-state index in [2.05, 4.69) is 10.7 Å². The fraction of sp³-hybridized carbons (Fsp3) is 0.176. The maximum atomic E-state index is 12.5. The van der Waals surface area contributed by atoms with Gasteiger partial charge in [-0.25, -0.2) is 9.80 Å². The molecule has 5 heteroatoms. The highest BCUT2D eigenvalue weighted by molar-refractivity contribution is 5.96. The molecule has 2 atom stereocenters. The molecule has 2 aromatic carbocycles. The van der Waals surface area contributed by atoms with Crippen molar-refractivity contribution in [1.29, 1.82) is 0 Å². The number of rotatable bonds is 1. The Bertz CT molecular complexity index is 745. The lowest BCUT2D eigenvalue weighted by Gasteiger charge is -2.22. The highest BCUT2D eigenvalue weighted by Crippen LogP contribution is 2.39. The van der Waals surface area contributed by atoms with Gasteiger partial charge >= 0.3 is 6.03 Å². The van der Waals surface area contributed by atoms with Gasteiger partial charge in [0.1, 0.15) is 0 Å². The third-order valence-corrected chi connectivity index (χ3v) is 4.29. The maximum Gasteiger partial charge on any atom is 0.340 e. The van der Waals surface area contributed by atoms with Crippen LogP contribution in [0.25, 0.3) is 0 Å². The van der Waals surface area contributed by atoms with Gasteiger partial charge in [0.25, 0.3) is 0 Å². The molecule has 1 aliphatic heterocycles. The zero-order valence-electron chi connectivity index (χ0n) is 11.8. The lowest BCUT2D eigenvalue weighted by molar-refractivity contribution is -0.121. The Morgan fingerprint density at radius 2 is 1.82 bits per heavy atom. The highest BCUT2D eigenvalue weighted by atomic mass is 16.2. The minimum atomic E-state index is -0.306. The van der Waals surface area contributed by atoms with E-state index in [4.69, 9.17) is 0 Å². The smallest absolute Gasteiger partial charge is 0.306 e. The summed E-state index contributed by atoms with van der Waals surface area (Å²) in [5.74, 6) is -0.379. The van der Waals surface area contributed by atoms with Crippen LogP contribution in [-0.2, 0) is 11.2 Å². The summed E-state index contributed by atoms with van der Waals surface area (Å²) < 4.78 is 0. The van der Waals surface area contributed by atoms with Crippen molar-refractivity contribution in [1.82, 2.24) is 10.4 Å². The maximum absolute atomic E-state index is 12.5. The normalized spacial score (nSPS) is 22.0. The standard InChI is InChI=1S/C17H15N3O2/c21-16-15-13-9-5-4-6-11(13)10-14(15)20(19-16)17(22)18-12-7-2-1-3-8-12/h1-9,14-15H,10H2,(H,18,22)(H,19,21). The second kappa shape index (κ2) is 4.87. The molecule has 1 fully saturated rings. The first kappa shape index (κ1) is 12.9. The van der Waals surface area contributed by atoms with E-state index in [9.17, 15) is 9.59 Å². The Morgan fingerprint density at radius 3 is 2.64 bits per heavy atom. The molecule has 4 rings (SSSR count). The lowest BCUT2D eigenvalue weighted by Crippen LogP contribution is -2.46. The van der Waals surface area contributed by atoms with E-state index in [0.29, 0.717) is 12.1 Å². The average Bonchev–Trinajstić information content (AvgIpc) is 3.06. The summed E-state index contributed by atoms with van der Waals surface area (Å²) in [7, 11) is 0. The minimum Gasteiger partial charge on any atom is -0.306 e. The number of hydrazine groups is 1. The zero-order valence-corrected chi connectivity index (χ0v) is 11.8. The summed E-state index contributed by atoms with van der Waals surface area (Å²) in [5, 5.41) is 4.25.